The van der Waals surface area contributed by atoms with Crippen LogP contribution < -0.4 is 10.5 Å². The zero-order valence-electron chi connectivity index (χ0n) is 18.5. The summed E-state index contributed by atoms with van der Waals surface area (Å²) in [5, 5.41) is 2.10. The number of ether oxygens (including phenoxy) is 2. The van der Waals surface area contributed by atoms with E-state index in [1.54, 1.807) is 7.11 Å². The van der Waals surface area contributed by atoms with Crippen LogP contribution in [0.15, 0.2) is 72.8 Å². The van der Waals surface area contributed by atoms with Crippen LogP contribution in [0, 0.1) is 0 Å². The van der Waals surface area contributed by atoms with Crippen LogP contribution in [0.4, 0.5) is 5.69 Å². The summed E-state index contributed by atoms with van der Waals surface area (Å²) in [6, 6.07) is 24.2. The fraction of sp³-hybridized carbons (Fsp3) is 0.185. The van der Waals surface area contributed by atoms with E-state index >= 15 is 0 Å². The van der Waals surface area contributed by atoms with Gasteiger partial charge < -0.3 is 20.2 Å². The average molecular weight is 439 g/mol. The van der Waals surface area contributed by atoms with Crippen molar-refractivity contribution in [3.05, 3.63) is 84.2 Å². The second-order valence-electron chi connectivity index (χ2n) is 8.02. The molecule has 2 heterocycles. The van der Waals surface area contributed by atoms with Gasteiger partial charge in [-0.05, 0) is 35.6 Å². The SMILES string of the molecule is COc1cccc(-c2ccc3c(c2)cc(N)c2[nH]c(CCCOCc4ccccc4)nc23)n1. The number of fused-ring (bicyclic) bond motifs is 3. The molecule has 0 aliphatic carbocycles. The van der Waals surface area contributed by atoms with Crippen LogP contribution in [-0.2, 0) is 17.8 Å². The van der Waals surface area contributed by atoms with E-state index in [1.165, 1.54) is 5.56 Å². The van der Waals surface area contributed by atoms with E-state index in [0.717, 1.165) is 51.7 Å². The molecular weight excluding hydrogens is 412 g/mol. The van der Waals surface area contributed by atoms with Crippen LogP contribution in [0.1, 0.15) is 17.8 Å². The van der Waals surface area contributed by atoms with E-state index in [-0.39, 0.29) is 0 Å². The number of aryl methyl sites for hydroxylation is 1. The van der Waals surface area contributed by atoms with Gasteiger partial charge in [-0.15, -0.1) is 0 Å². The Morgan fingerprint density at radius 2 is 1.82 bits per heavy atom. The lowest BCUT2D eigenvalue weighted by atomic mass is 10.0. The lowest BCUT2D eigenvalue weighted by molar-refractivity contribution is 0.118. The van der Waals surface area contributed by atoms with Crippen molar-refractivity contribution >= 4 is 27.5 Å². The Hall–Kier alpha value is -3.90. The van der Waals surface area contributed by atoms with Gasteiger partial charge in [-0.3, -0.25) is 0 Å². The first-order valence-corrected chi connectivity index (χ1v) is 11.1. The summed E-state index contributed by atoms with van der Waals surface area (Å²) >= 11 is 0. The fourth-order valence-electron chi connectivity index (χ4n) is 4.04. The van der Waals surface area contributed by atoms with Gasteiger partial charge in [0.2, 0.25) is 5.88 Å². The second kappa shape index (κ2) is 9.30. The van der Waals surface area contributed by atoms with Crippen molar-refractivity contribution < 1.29 is 9.47 Å². The second-order valence-corrected chi connectivity index (χ2v) is 8.02. The van der Waals surface area contributed by atoms with Crippen molar-refractivity contribution in [2.24, 2.45) is 0 Å². The molecule has 3 N–H and O–H groups in total. The third-order valence-corrected chi connectivity index (χ3v) is 5.70. The summed E-state index contributed by atoms with van der Waals surface area (Å²) < 4.78 is 11.1. The molecule has 0 radical (unpaired) electrons. The number of hydrogen-bond acceptors (Lipinski definition) is 5. The van der Waals surface area contributed by atoms with Crippen LogP contribution in [0.25, 0.3) is 33.1 Å². The van der Waals surface area contributed by atoms with Gasteiger partial charge in [0.1, 0.15) is 5.82 Å². The van der Waals surface area contributed by atoms with Gasteiger partial charge in [-0.25, -0.2) is 9.97 Å². The molecule has 33 heavy (non-hydrogen) atoms. The summed E-state index contributed by atoms with van der Waals surface area (Å²) in [5.41, 5.74) is 11.9. The molecule has 0 unspecified atom stereocenters. The van der Waals surface area contributed by atoms with Gasteiger partial charge in [-0.1, -0.05) is 48.5 Å². The van der Waals surface area contributed by atoms with E-state index in [2.05, 4.69) is 40.3 Å². The minimum atomic E-state index is 0.590. The van der Waals surface area contributed by atoms with Crippen LogP contribution >= 0.6 is 0 Å². The van der Waals surface area contributed by atoms with Crippen molar-refractivity contribution in [2.75, 3.05) is 19.5 Å². The lowest BCUT2D eigenvalue weighted by Gasteiger charge is -2.07. The Morgan fingerprint density at radius 1 is 0.939 bits per heavy atom. The minimum Gasteiger partial charge on any atom is -0.481 e. The summed E-state index contributed by atoms with van der Waals surface area (Å²) in [7, 11) is 1.62. The number of rotatable bonds is 8. The Labute approximate surface area is 192 Å². The number of benzene rings is 3. The molecule has 0 aliphatic rings. The number of aromatic amines is 1. The number of hydrogen-bond donors (Lipinski definition) is 2. The van der Waals surface area contributed by atoms with E-state index < -0.39 is 0 Å². The Kier molecular flexibility index (Phi) is 5.91. The minimum absolute atomic E-state index is 0.590. The first-order valence-electron chi connectivity index (χ1n) is 11.1. The third-order valence-electron chi connectivity index (χ3n) is 5.70. The molecule has 0 atom stereocenters. The van der Waals surface area contributed by atoms with Crippen LogP contribution in [-0.4, -0.2) is 28.7 Å². The third kappa shape index (κ3) is 4.52. The number of imidazole rings is 1. The molecule has 6 nitrogen and oxygen atoms in total. The maximum atomic E-state index is 6.38. The molecular formula is C27H26N4O2. The van der Waals surface area contributed by atoms with E-state index in [0.29, 0.717) is 24.8 Å². The molecule has 5 aromatic rings. The van der Waals surface area contributed by atoms with Gasteiger partial charge in [0.05, 0.1) is 36.1 Å². The Morgan fingerprint density at radius 3 is 2.67 bits per heavy atom. The normalized spacial score (nSPS) is 11.3. The molecule has 0 fully saturated rings. The summed E-state index contributed by atoms with van der Waals surface area (Å²) in [4.78, 5) is 12.8. The highest BCUT2D eigenvalue weighted by atomic mass is 16.5. The zero-order chi connectivity index (χ0) is 22.6. The predicted octanol–water partition coefficient (Wildman–Crippen LogP) is 5.52. The van der Waals surface area contributed by atoms with E-state index in [4.69, 9.17) is 20.2 Å². The van der Waals surface area contributed by atoms with Crippen LogP contribution in [0.2, 0.25) is 0 Å². The van der Waals surface area contributed by atoms with Gasteiger partial charge in [0, 0.05) is 30.0 Å². The molecule has 0 amide bonds. The van der Waals surface area contributed by atoms with Crippen molar-refractivity contribution in [1.82, 2.24) is 15.0 Å². The number of H-pyrrole nitrogens is 1. The van der Waals surface area contributed by atoms with Gasteiger partial charge in [0.15, 0.2) is 0 Å². The molecule has 0 aliphatic heterocycles. The number of anilines is 1. The molecule has 5 rings (SSSR count). The molecule has 2 aromatic heterocycles. The monoisotopic (exact) mass is 438 g/mol. The quantitative estimate of drug-likeness (QED) is 0.246. The fourth-order valence-corrected chi connectivity index (χ4v) is 4.04. The predicted molar refractivity (Wildman–Crippen MR) is 132 cm³/mol. The first-order chi connectivity index (χ1) is 16.2. The number of nitrogens with zero attached hydrogens (tertiary/aromatic N) is 2. The zero-order valence-corrected chi connectivity index (χ0v) is 18.5. The summed E-state index contributed by atoms with van der Waals surface area (Å²) in [6.45, 7) is 1.31. The molecule has 0 saturated heterocycles. The van der Waals surface area contributed by atoms with Gasteiger partial charge in [-0.2, -0.15) is 0 Å². The molecule has 0 saturated carbocycles. The van der Waals surface area contributed by atoms with Crippen molar-refractivity contribution in [2.45, 2.75) is 19.4 Å². The van der Waals surface area contributed by atoms with E-state index in [9.17, 15) is 0 Å². The molecule has 166 valence electrons. The standard InChI is InChI=1S/C27H26N4O2/c1-32-25-11-5-9-23(29-25)19-12-13-21-20(15-19)16-22(28)27-26(21)30-24(31-27)10-6-14-33-17-18-7-3-2-4-8-18/h2-5,7-9,11-13,15-16H,6,10,14,17,28H2,1H3,(H,30,31). The number of methoxy groups -OCH3 is 1. The van der Waals surface area contributed by atoms with Gasteiger partial charge in [0.25, 0.3) is 0 Å². The largest absolute Gasteiger partial charge is 0.481 e. The average Bonchev–Trinajstić information content (AvgIpc) is 3.29. The lowest BCUT2D eigenvalue weighted by Crippen LogP contribution is -1.98. The summed E-state index contributed by atoms with van der Waals surface area (Å²) in [6.07, 6.45) is 1.69. The summed E-state index contributed by atoms with van der Waals surface area (Å²) in [5.74, 6) is 1.51. The molecule has 6 heteroatoms. The maximum absolute atomic E-state index is 6.38. The highest BCUT2D eigenvalue weighted by molar-refractivity contribution is 6.10. The highest BCUT2D eigenvalue weighted by Gasteiger charge is 2.12. The van der Waals surface area contributed by atoms with Crippen LogP contribution in [0.5, 0.6) is 5.88 Å². The maximum Gasteiger partial charge on any atom is 0.213 e. The van der Waals surface area contributed by atoms with E-state index in [1.807, 2.05) is 42.5 Å². The Bertz CT molecular complexity index is 1400. The number of nitrogens with one attached hydrogen (secondary N) is 1. The topological polar surface area (TPSA) is 86.0 Å². The van der Waals surface area contributed by atoms with Crippen molar-refractivity contribution in [3.63, 3.8) is 0 Å². The highest BCUT2D eigenvalue weighted by Crippen LogP contribution is 2.32. The van der Waals surface area contributed by atoms with Crippen LogP contribution in [0.3, 0.4) is 0 Å². The van der Waals surface area contributed by atoms with Crippen molar-refractivity contribution in [3.8, 4) is 17.1 Å². The molecule has 0 bridgehead atoms. The number of nitrogen functional groups attached to an aromatic ring is 1. The molecule has 0 spiro atoms. The number of aromatic nitrogens is 3. The number of nitrogens with two attached hydrogens (primary N) is 1. The number of pyridine rings is 1. The first kappa shape index (κ1) is 21.0. The smallest absolute Gasteiger partial charge is 0.213 e. The van der Waals surface area contributed by atoms with Crippen molar-refractivity contribution in [1.29, 1.82) is 0 Å². The Balaban J connectivity index is 1.33. The van der Waals surface area contributed by atoms with Gasteiger partial charge >= 0.3 is 0 Å². The molecule has 3 aromatic carbocycles.